The van der Waals surface area contributed by atoms with Crippen LogP contribution in [0.3, 0.4) is 0 Å². The minimum absolute atomic E-state index is 0.571. The SMILES string of the molecule is C=C(C)[C@@H]1CC[C@]2(C)CC=C(C)CC[C@@H]12. The third-order valence-corrected chi connectivity index (χ3v) is 4.81. The van der Waals surface area contributed by atoms with E-state index in [0.29, 0.717) is 5.41 Å². The second kappa shape index (κ2) is 3.81. The monoisotopic (exact) mass is 204 g/mol. The molecule has 0 aromatic carbocycles. The molecule has 0 radical (unpaired) electrons. The Morgan fingerprint density at radius 2 is 2.20 bits per heavy atom. The number of fused-ring (bicyclic) bond motifs is 1. The van der Waals surface area contributed by atoms with Crippen LogP contribution in [0.1, 0.15) is 52.9 Å². The molecule has 0 nitrogen and oxygen atoms in total. The van der Waals surface area contributed by atoms with Crippen molar-refractivity contribution in [1.82, 2.24) is 0 Å². The van der Waals surface area contributed by atoms with Crippen LogP contribution in [-0.2, 0) is 0 Å². The highest BCUT2D eigenvalue weighted by molar-refractivity contribution is 5.13. The average Bonchev–Trinajstić information content (AvgIpc) is 2.43. The molecule has 84 valence electrons. The molecule has 0 spiro atoms. The quantitative estimate of drug-likeness (QED) is 0.542. The van der Waals surface area contributed by atoms with Gasteiger partial charge in [-0.05, 0) is 63.2 Å². The van der Waals surface area contributed by atoms with E-state index in [0.717, 1.165) is 11.8 Å². The molecular formula is C15H24. The van der Waals surface area contributed by atoms with Crippen LogP contribution in [0.2, 0.25) is 0 Å². The smallest absolute Gasteiger partial charge is 0.0175 e. The molecule has 0 N–H and O–H groups in total. The van der Waals surface area contributed by atoms with Crippen molar-refractivity contribution in [3.8, 4) is 0 Å². The second-order valence-electron chi connectivity index (χ2n) is 6.05. The molecule has 0 aromatic rings. The Morgan fingerprint density at radius 3 is 2.87 bits per heavy atom. The third-order valence-electron chi connectivity index (χ3n) is 4.81. The molecular weight excluding hydrogens is 180 g/mol. The zero-order valence-electron chi connectivity index (χ0n) is 10.5. The van der Waals surface area contributed by atoms with Crippen LogP contribution in [0.5, 0.6) is 0 Å². The van der Waals surface area contributed by atoms with E-state index in [4.69, 9.17) is 0 Å². The Bertz CT molecular complexity index is 297. The maximum absolute atomic E-state index is 4.19. The second-order valence-corrected chi connectivity index (χ2v) is 6.05. The van der Waals surface area contributed by atoms with Crippen molar-refractivity contribution in [3.63, 3.8) is 0 Å². The first-order chi connectivity index (χ1) is 7.03. The Hall–Kier alpha value is -0.520. The molecule has 0 heterocycles. The van der Waals surface area contributed by atoms with Crippen LogP contribution in [-0.4, -0.2) is 0 Å². The molecule has 0 heteroatoms. The van der Waals surface area contributed by atoms with Crippen LogP contribution < -0.4 is 0 Å². The molecule has 1 fully saturated rings. The van der Waals surface area contributed by atoms with Gasteiger partial charge >= 0.3 is 0 Å². The minimum atomic E-state index is 0.571. The molecule has 0 saturated heterocycles. The summed E-state index contributed by atoms with van der Waals surface area (Å²) in [6, 6.07) is 0. The fourth-order valence-electron chi connectivity index (χ4n) is 3.64. The van der Waals surface area contributed by atoms with Crippen molar-refractivity contribution in [2.45, 2.75) is 52.9 Å². The standard InChI is InChI=1S/C15H24/c1-11(2)13-8-10-15(4)9-7-12(3)5-6-14(13)15/h7,13-14H,1,5-6,8-10H2,2-4H3/t13-,14-,15-/m0/s1. The lowest BCUT2D eigenvalue weighted by molar-refractivity contribution is 0.201. The highest BCUT2D eigenvalue weighted by Gasteiger charge is 2.44. The van der Waals surface area contributed by atoms with E-state index in [1.807, 2.05) is 0 Å². The zero-order valence-corrected chi connectivity index (χ0v) is 10.5. The summed E-state index contributed by atoms with van der Waals surface area (Å²) in [5.74, 6) is 1.69. The van der Waals surface area contributed by atoms with Gasteiger partial charge in [-0.25, -0.2) is 0 Å². The van der Waals surface area contributed by atoms with Crippen molar-refractivity contribution in [1.29, 1.82) is 0 Å². The van der Waals surface area contributed by atoms with Crippen molar-refractivity contribution in [3.05, 3.63) is 23.8 Å². The van der Waals surface area contributed by atoms with Gasteiger partial charge < -0.3 is 0 Å². The van der Waals surface area contributed by atoms with E-state index in [-0.39, 0.29) is 0 Å². The first-order valence-electron chi connectivity index (χ1n) is 6.34. The lowest BCUT2D eigenvalue weighted by Gasteiger charge is -2.32. The molecule has 0 unspecified atom stereocenters. The summed E-state index contributed by atoms with van der Waals surface area (Å²) >= 11 is 0. The summed E-state index contributed by atoms with van der Waals surface area (Å²) in [7, 11) is 0. The number of allylic oxidation sites excluding steroid dienone is 3. The van der Waals surface area contributed by atoms with E-state index >= 15 is 0 Å². The Labute approximate surface area is 94.5 Å². The maximum Gasteiger partial charge on any atom is -0.0175 e. The largest absolute Gasteiger partial charge is 0.0999 e. The van der Waals surface area contributed by atoms with E-state index in [1.54, 1.807) is 5.57 Å². The zero-order chi connectivity index (χ0) is 11.1. The fourth-order valence-corrected chi connectivity index (χ4v) is 3.64. The van der Waals surface area contributed by atoms with Crippen LogP contribution in [0.4, 0.5) is 0 Å². The first kappa shape index (κ1) is 11.0. The molecule has 2 rings (SSSR count). The molecule has 0 aliphatic heterocycles. The van der Waals surface area contributed by atoms with Gasteiger partial charge in [-0.3, -0.25) is 0 Å². The van der Waals surface area contributed by atoms with Gasteiger partial charge in [0.05, 0.1) is 0 Å². The summed E-state index contributed by atoms with van der Waals surface area (Å²) in [4.78, 5) is 0. The molecule has 0 bridgehead atoms. The molecule has 15 heavy (non-hydrogen) atoms. The van der Waals surface area contributed by atoms with Crippen molar-refractivity contribution in [2.24, 2.45) is 17.3 Å². The van der Waals surface area contributed by atoms with E-state index in [9.17, 15) is 0 Å². The lowest BCUT2D eigenvalue weighted by Crippen LogP contribution is -2.24. The normalized spacial score (nSPS) is 40.6. The summed E-state index contributed by atoms with van der Waals surface area (Å²) in [6.07, 6.45) is 9.26. The molecule has 0 amide bonds. The summed E-state index contributed by atoms with van der Waals surface area (Å²) in [5.41, 5.74) is 3.59. The van der Waals surface area contributed by atoms with Gasteiger partial charge in [-0.1, -0.05) is 30.7 Å². The van der Waals surface area contributed by atoms with Crippen LogP contribution >= 0.6 is 0 Å². The summed E-state index contributed by atoms with van der Waals surface area (Å²) < 4.78 is 0. The molecule has 1 saturated carbocycles. The molecule has 0 aromatic heterocycles. The number of rotatable bonds is 1. The van der Waals surface area contributed by atoms with E-state index in [1.165, 1.54) is 37.7 Å². The molecule has 3 atom stereocenters. The average molecular weight is 204 g/mol. The topological polar surface area (TPSA) is 0 Å². The molecule has 2 aliphatic rings. The van der Waals surface area contributed by atoms with Gasteiger partial charge in [-0.2, -0.15) is 0 Å². The van der Waals surface area contributed by atoms with Gasteiger partial charge in [0.25, 0.3) is 0 Å². The van der Waals surface area contributed by atoms with E-state index in [2.05, 4.69) is 33.4 Å². The Balaban J connectivity index is 2.22. The Morgan fingerprint density at radius 1 is 1.47 bits per heavy atom. The lowest BCUT2D eigenvalue weighted by atomic mass is 9.72. The summed E-state index contributed by atoms with van der Waals surface area (Å²) in [6.45, 7) is 11.2. The highest BCUT2D eigenvalue weighted by Crippen LogP contribution is 2.54. The van der Waals surface area contributed by atoms with Gasteiger partial charge in [0.1, 0.15) is 0 Å². The van der Waals surface area contributed by atoms with Crippen LogP contribution in [0.15, 0.2) is 23.8 Å². The predicted octanol–water partition coefficient (Wildman–Crippen LogP) is 4.73. The van der Waals surface area contributed by atoms with Crippen LogP contribution in [0, 0.1) is 17.3 Å². The Kier molecular flexibility index (Phi) is 2.79. The van der Waals surface area contributed by atoms with Crippen molar-refractivity contribution >= 4 is 0 Å². The highest BCUT2D eigenvalue weighted by atomic mass is 14.5. The number of hydrogen-bond donors (Lipinski definition) is 0. The van der Waals surface area contributed by atoms with E-state index < -0.39 is 0 Å². The first-order valence-corrected chi connectivity index (χ1v) is 6.34. The van der Waals surface area contributed by atoms with Gasteiger partial charge in [0, 0.05) is 0 Å². The maximum atomic E-state index is 4.19. The van der Waals surface area contributed by atoms with Gasteiger partial charge in [-0.15, -0.1) is 0 Å². The number of hydrogen-bond acceptors (Lipinski definition) is 0. The van der Waals surface area contributed by atoms with Crippen molar-refractivity contribution < 1.29 is 0 Å². The van der Waals surface area contributed by atoms with Crippen LogP contribution in [0.25, 0.3) is 0 Å². The predicted molar refractivity (Wildman–Crippen MR) is 66.7 cm³/mol. The van der Waals surface area contributed by atoms with Gasteiger partial charge in [0.2, 0.25) is 0 Å². The van der Waals surface area contributed by atoms with Crippen molar-refractivity contribution in [2.75, 3.05) is 0 Å². The third kappa shape index (κ3) is 1.91. The molecule has 2 aliphatic carbocycles. The fraction of sp³-hybridized carbons (Fsp3) is 0.733. The minimum Gasteiger partial charge on any atom is -0.0999 e. The summed E-state index contributed by atoms with van der Waals surface area (Å²) in [5, 5.41) is 0. The van der Waals surface area contributed by atoms with Gasteiger partial charge in [0.15, 0.2) is 0 Å².